The summed E-state index contributed by atoms with van der Waals surface area (Å²) in [6, 6.07) is 16.2. The first-order chi connectivity index (χ1) is 10.2. The highest BCUT2D eigenvalue weighted by molar-refractivity contribution is 8.18. The predicted molar refractivity (Wildman–Crippen MR) is 85.4 cm³/mol. The number of carbonyl (C=O) groups excluding carboxylic acids is 1. The maximum absolute atomic E-state index is 11.9. The molecule has 0 atom stereocenters. The van der Waals surface area contributed by atoms with E-state index in [-0.39, 0.29) is 11.7 Å². The van der Waals surface area contributed by atoms with Crippen molar-refractivity contribution in [1.82, 2.24) is 5.32 Å². The minimum Gasteiger partial charge on any atom is -0.508 e. The lowest BCUT2D eigenvalue weighted by atomic mass is 10.2. The molecule has 21 heavy (non-hydrogen) atoms. The Morgan fingerprint density at radius 2 is 1.90 bits per heavy atom. The summed E-state index contributed by atoms with van der Waals surface area (Å²) >= 11 is 1.28. The van der Waals surface area contributed by atoms with Crippen molar-refractivity contribution in [1.29, 1.82) is 0 Å². The number of rotatable bonds is 2. The molecule has 1 fully saturated rings. The Labute approximate surface area is 126 Å². The Morgan fingerprint density at radius 1 is 1.10 bits per heavy atom. The molecule has 2 N–H and O–H groups in total. The van der Waals surface area contributed by atoms with Crippen molar-refractivity contribution in [2.45, 2.75) is 0 Å². The van der Waals surface area contributed by atoms with Crippen molar-refractivity contribution in [2.24, 2.45) is 4.99 Å². The first-order valence-electron chi connectivity index (χ1n) is 6.34. The zero-order valence-electron chi connectivity index (χ0n) is 11.0. The molecule has 1 amide bonds. The minimum absolute atomic E-state index is 0.172. The van der Waals surface area contributed by atoms with Crippen LogP contribution in [0.15, 0.2) is 64.5 Å². The van der Waals surface area contributed by atoms with E-state index in [0.29, 0.717) is 10.1 Å². The van der Waals surface area contributed by atoms with Crippen molar-refractivity contribution >= 4 is 34.6 Å². The van der Waals surface area contributed by atoms with Gasteiger partial charge in [0.15, 0.2) is 5.17 Å². The van der Waals surface area contributed by atoms with Gasteiger partial charge < -0.3 is 10.4 Å². The number of phenolic OH excluding ortho intramolecular Hbond substituents is 1. The molecule has 0 spiro atoms. The monoisotopic (exact) mass is 296 g/mol. The number of nitrogens with zero attached hydrogens (tertiary/aromatic N) is 1. The van der Waals surface area contributed by atoms with E-state index in [0.717, 1.165) is 11.3 Å². The van der Waals surface area contributed by atoms with Crippen molar-refractivity contribution in [3.05, 3.63) is 65.1 Å². The molecule has 1 aliphatic rings. The number of carbonyl (C=O) groups is 1. The highest BCUT2D eigenvalue weighted by atomic mass is 32.2. The van der Waals surface area contributed by atoms with Crippen LogP contribution in [0.25, 0.3) is 6.08 Å². The molecule has 4 nitrogen and oxygen atoms in total. The van der Waals surface area contributed by atoms with E-state index in [4.69, 9.17) is 0 Å². The van der Waals surface area contributed by atoms with Gasteiger partial charge in [0.1, 0.15) is 5.75 Å². The third-order valence-corrected chi connectivity index (χ3v) is 3.72. The fourth-order valence-corrected chi connectivity index (χ4v) is 2.71. The van der Waals surface area contributed by atoms with Crippen LogP contribution in [0.1, 0.15) is 5.56 Å². The van der Waals surface area contributed by atoms with Gasteiger partial charge in [-0.3, -0.25) is 4.79 Å². The molecule has 0 unspecified atom stereocenters. The normalized spacial score (nSPS) is 18.2. The summed E-state index contributed by atoms with van der Waals surface area (Å²) in [5.41, 5.74) is 1.56. The summed E-state index contributed by atoms with van der Waals surface area (Å²) in [5.74, 6) is -0.0102. The molecule has 0 radical (unpaired) electrons. The molecule has 0 bridgehead atoms. The summed E-state index contributed by atoms with van der Waals surface area (Å²) < 4.78 is 0. The van der Waals surface area contributed by atoms with Crippen LogP contribution in [0.3, 0.4) is 0 Å². The number of benzene rings is 2. The number of phenols is 1. The average Bonchev–Trinajstić information content (AvgIpc) is 2.80. The largest absolute Gasteiger partial charge is 0.508 e. The number of hydrogen-bond donors (Lipinski definition) is 2. The Bertz CT molecular complexity index is 739. The molecule has 0 aliphatic carbocycles. The van der Waals surface area contributed by atoms with Gasteiger partial charge >= 0.3 is 0 Å². The van der Waals surface area contributed by atoms with Crippen LogP contribution in [0, 0.1) is 0 Å². The fourth-order valence-electron chi connectivity index (χ4n) is 1.87. The van der Waals surface area contributed by atoms with E-state index >= 15 is 0 Å². The molecule has 1 aliphatic heterocycles. The molecule has 1 saturated heterocycles. The van der Waals surface area contributed by atoms with Gasteiger partial charge in [-0.05, 0) is 47.7 Å². The number of nitrogens with one attached hydrogen (secondary N) is 1. The molecule has 0 aromatic heterocycles. The first kappa shape index (κ1) is 13.5. The minimum atomic E-state index is -0.182. The van der Waals surface area contributed by atoms with Crippen LogP contribution in [-0.2, 0) is 4.79 Å². The Kier molecular flexibility index (Phi) is 3.75. The van der Waals surface area contributed by atoms with E-state index < -0.39 is 0 Å². The molecular formula is C16H12N2O2S. The third-order valence-electron chi connectivity index (χ3n) is 2.81. The average molecular weight is 296 g/mol. The molecule has 5 heteroatoms. The number of thioether (sulfide) groups is 1. The van der Waals surface area contributed by atoms with Crippen LogP contribution in [0.5, 0.6) is 5.75 Å². The summed E-state index contributed by atoms with van der Waals surface area (Å²) in [7, 11) is 0. The van der Waals surface area contributed by atoms with Crippen LogP contribution in [0.2, 0.25) is 0 Å². The van der Waals surface area contributed by atoms with Gasteiger partial charge in [0.25, 0.3) is 5.91 Å². The highest BCUT2D eigenvalue weighted by Crippen LogP contribution is 2.28. The predicted octanol–water partition coefficient (Wildman–Crippen LogP) is 3.28. The van der Waals surface area contributed by atoms with E-state index in [9.17, 15) is 9.90 Å². The summed E-state index contributed by atoms with van der Waals surface area (Å²) in [5, 5.41) is 12.7. The summed E-state index contributed by atoms with van der Waals surface area (Å²) in [6.45, 7) is 0. The second-order valence-electron chi connectivity index (χ2n) is 4.41. The smallest absolute Gasteiger partial charge is 0.264 e. The van der Waals surface area contributed by atoms with Gasteiger partial charge in [-0.15, -0.1) is 0 Å². The molecule has 0 saturated carbocycles. The van der Waals surface area contributed by atoms with E-state index in [1.807, 2.05) is 36.4 Å². The van der Waals surface area contributed by atoms with Gasteiger partial charge in [-0.25, -0.2) is 4.99 Å². The standard InChI is InChI=1S/C16H12N2O2S/c19-13-8-4-5-11(9-13)10-14-15(20)18-16(21-14)17-12-6-2-1-3-7-12/h1-10,19H,(H,17,18,20)/b14-10-. The fraction of sp³-hybridized carbons (Fsp3) is 0. The quantitative estimate of drug-likeness (QED) is 0.836. The van der Waals surface area contributed by atoms with Crippen molar-refractivity contribution < 1.29 is 9.90 Å². The third kappa shape index (κ3) is 3.32. The number of amides is 1. The van der Waals surface area contributed by atoms with E-state index in [1.165, 1.54) is 11.8 Å². The lowest BCUT2D eigenvalue weighted by Gasteiger charge is -1.96. The molecule has 104 valence electrons. The van der Waals surface area contributed by atoms with Gasteiger partial charge in [0.2, 0.25) is 0 Å². The number of aliphatic imine (C=N–C) groups is 1. The lowest BCUT2D eigenvalue weighted by molar-refractivity contribution is -0.115. The second kappa shape index (κ2) is 5.85. The number of aromatic hydroxyl groups is 1. The molecule has 2 aromatic carbocycles. The van der Waals surface area contributed by atoms with Crippen molar-refractivity contribution in [3.63, 3.8) is 0 Å². The van der Waals surface area contributed by atoms with Crippen LogP contribution < -0.4 is 5.32 Å². The SMILES string of the molecule is O=C1NC(=Nc2ccccc2)S/C1=C\c1cccc(O)c1. The number of para-hydroxylation sites is 1. The maximum atomic E-state index is 11.9. The Hall–Kier alpha value is -2.53. The Balaban J connectivity index is 1.84. The lowest BCUT2D eigenvalue weighted by Crippen LogP contribution is -2.19. The number of hydrogen-bond acceptors (Lipinski definition) is 4. The first-order valence-corrected chi connectivity index (χ1v) is 7.16. The van der Waals surface area contributed by atoms with E-state index in [2.05, 4.69) is 10.3 Å². The van der Waals surface area contributed by atoms with Gasteiger partial charge in [0.05, 0.1) is 10.6 Å². The van der Waals surface area contributed by atoms with Crippen molar-refractivity contribution in [3.8, 4) is 5.75 Å². The van der Waals surface area contributed by atoms with Gasteiger partial charge in [0, 0.05) is 0 Å². The molecule has 3 rings (SSSR count). The van der Waals surface area contributed by atoms with Crippen LogP contribution >= 0.6 is 11.8 Å². The molecular weight excluding hydrogens is 284 g/mol. The van der Waals surface area contributed by atoms with Gasteiger partial charge in [-0.1, -0.05) is 30.3 Å². The topological polar surface area (TPSA) is 61.7 Å². The zero-order chi connectivity index (χ0) is 14.7. The van der Waals surface area contributed by atoms with Crippen LogP contribution in [0.4, 0.5) is 5.69 Å². The van der Waals surface area contributed by atoms with Crippen molar-refractivity contribution in [2.75, 3.05) is 0 Å². The molecule has 1 heterocycles. The zero-order valence-corrected chi connectivity index (χ0v) is 11.8. The number of amidine groups is 1. The van der Waals surface area contributed by atoms with Gasteiger partial charge in [-0.2, -0.15) is 0 Å². The summed E-state index contributed by atoms with van der Waals surface area (Å²) in [6.07, 6.45) is 1.73. The summed E-state index contributed by atoms with van der Waals surface area (Å²) in [4.78, 5) is 16.8. The Morgan fingerprint density at radius 3 is 2.67 bits per heavy atom. The second-order valence-corrected chi connectivity index (χ2v) is 5.44. The van der Waals surface area contributed by atoms with E-state index in [1.54, 1.807) is 24.3 Å². The molecule has 2 aromatic rings. The maximum Gasteiger partial charge on any atom is 0.264 e. The van der Waals surface area contributed by atoms with Crippen LogP contribution in [-0.4, -0.2) is 16.2 Å². The highest BCUT2D eigenvalue weighted by Gasteiger charge is 2.23.